The highest BCUT2D eigenvalue weighted by atomic mass is 16.2. The average molecular weight is 261 g/mol. The normalized spacial score (nSPS) is 15.4. The summed E-state index contributed by atoms with van der Waals surface area (Å²) in [6, 6.07) is 8.08. The summed E-state index contributed by atoms with van der Waals surface area (Å²) >= 11 is 0. The van der Waals surface area contributed by atoms with Crippen molar-refractivity contribution in [3.63, 3.8) is 0 Å². The van der Waals surface area contributed by atoms with Crippen LogP contribution in [0.1, 0.15) is 20.8 Å². The van der Waals surface area contributed by atoms with Crippen molar-refractivity contribution in [2.24, 2.45) is 0 Å². The molecule has 1 unspecified atom stereocenters. The van der Waals surface area contributed by atoms with Crippen molar-refractivity contribution in [3.8, 4) is 0 Å². The first-order chi connectivity index (χ1) is 9.19. The van der Waals surface area contributed by atoms with E-state index in [1.165, 1.54) is 0 Å². The average Bonchev–Trinajstić information content (AvgIpc) is 2.47. The largest absolute Gasteiger partial charge is 0.382 e. The molecule has 0 fully saturated rings. The lowest BCUT2D eigenvalue weighted by atomic mass is 10.1. The summed E-state index contributed by atoms with van der Waals surface area (Å²) < 4.78 is 0. The zero-order chi connectivity index (χ0) is 13.8. The Morgan fingerprint density at radius 3 is 2.74 bits per heavy atom. The van der Waals surface area contributed by atoms with E-state index in [9.17, 15) is 4.79 Å². The molecular formula is C15H23N3O. The summed E-state index contributed by atoms with van der Waals surface area (Å²) in [4.78, 5) is 16.6. The Morgan fingerprint density at radius 1 is 1.37 bits per heavy atom. The number of carbonyl (C=O) groups is 1. The maximum Gasteiger partial charge on any atom is 0.244 e. The molecule has 1 aliphatic heterocycles. The van der Waals surface area contributed by atoms with Gasteiger partial charge in [-0.15, -0.1) is 0 Å². The summed E-state index contributed by atoms with van der Waals surface area (Å²) in [5.74, 6) is 0.210. The molecule has 19 heavy (non-hydrogen) atoms. The van der Waals surface area contributed by atoms with Crippen molar-refractivity contribution in [1.82, 2.24) is 4.90 Å². The van der Waals surface area contributed by atoms with E-state index >= 15 is 0 Å². The molecule has 0 saturated heterocycles. The van der Waals surface area contributed by atoms with Gasteiger partial charge in [0.2, 0.25) is 5.91 Å². The van der Waals surface area contributed by atoms with Gasteiger partial charge in [-0.25, -0.2) is 0 Å². The number of anilines is 2. The smallest absolute Gasteiger partial charge is 0.244 e. The first-order valence-corrected chi connectivity index (χ1v) is 7.07. The molecule has 104 valence electrons. The van der Waals surface area contributed by atoms with E-state index in [1.807, 2.05) is 37.8 Å². The Kier molecular flexibility index (Phi) is 4.30. The van der Waals surface area contributed by atoms with Gasteiger partial charge < -0.3 is 15.1 Å². The summed E-state index contributed by atoms with van der Waals surface area (Å²) in [5, 5.41) is 3.38. The van der Waals surface area contributed by atoms with Crippen LogP contribution in [-0.4, -0.2) is 43.0 Å². The Hall–Kier alpha value is -1.71. The van der Waals surface area contributed by atoms with Gasteiger partial charge in [0.15, 0.2) is 0 Å². The van der Waals surface area contributed by atoms with Gasteiger partial charge in [0.25, 0.3) is 0 Å². The van der Waals surface area contributed by atoms with Gasteiger partial charge in [0.1, 0.15) is 6.04 Å². The van der Waals surface area contributed by atoms with Crippen LogP contribution in [0.15, 0.2) is 24.3 Å². The molecule has 0 bridgehead atoms. The van der Waals surface area contributed by atoms with Gasteiger partial charge >= 0.3 is 0 Å². The van der Waals surface area contributed by atoms with Crippen molar-refractivity contribution in [2.45, 2.75) is 26.8 Å². The predicted molar refractivity (Wildman–Crippen MR) is 79.7 cm³/mol. The fourth-order valence-corrected chi connectivity index (χ4v) is 2.64. The summed E-state index contributed by atoms with van der Waals surface area (Å²) in [7, 11) is 0. The first kappa shape index (κ1) is 13.7. The number of rotatable bonds is 4. The summed E-state index contributed by atoms with van der Waals surface area (Å²) in [6.07, 6.45) is 0. The first-order valence-electron chi connectivity index (χ1n) is 7.07. The SMILES string of the molecule is CCN(CC)C(=O)C(C)N1CCNc2ccccc21. The van der Waals surface area contributed by atoms with Gasteiger partial charge in [0, 0.05) is 26.2 Å². The molecule has 0 aromatic heterocycles. The zero-order valence-corrected chi connectivity index (χ0v) is 12.0. The van der Waals surface area contributed by atoms with Crippen LogP contribution >= 0.6 is 0 Å². The quantitative estimate of drug-likeness (QED) is 0.902. The highest BCUT2D eigenvalue weighted by Gasteiger charge is 2.27. The molecule has 1 N–H and O–H groups in total. The molecule has 4 heteroatoms. The van der Waals surface area contributed by atoms with E-state index in [-0.39, 0.29) is 11.9 Å². The number of nitrogens with zero attached hydrogens (tertiary/aromatic N) is 2. The van der Waals surface area contributed by atoms with E-state index in [1.54, 1.807) is 0 Å². The lowest BCUT2D eigenvalue weighted by molar-refractivity contribution is -0.131. The number of nitrogens with one attached hydrogen (secondary N) is 1. The number of amides is 1. The van der Waals surface area contributed by atoms with Crippen molar-refractivity contribution in [2.75, 3.05) is 36.4 Å². The van der Waals surface area contributed by atoms with Crippen molar-refractivity contribution < 1.29 is 4.79 Å². The Labute approximate surface area is 115 Å². The second-order valence-corrected chi connectivity index (χ2v) is 4.82. The third kappa shape index (κ3) is 2.67. The topological polar surface area (TPSA) is 35.6 Å². The van der Waals surface area contributed by atoms with Gasteiger partial charge in [0.05, 0.1) is 11.4 Å². The molecule has 1 aromatic carbocycles. The van der Waals surface area contributed by atoms with E-state index in [2.05, 4.69) is 22.3 Å². The van der Waals surface area contributed by atoms with Gasteiger partial charge in [-0.2, -0.15) is 0 Å². The third-order valence-corrected chi connectivity index (χ3v) is 3.78. The van der Waals surface area contributed by atoms with Gasteiger partial charge in [-0.1, -0.05) is 12.1 Å². The van der Waals surface area contributed by atoms with E-state index in [0.717, 1.165) is 37.6 Å². The minimum atomic E-state index is -0.108. The predicted octanol–water partition coefficient (Wildman–Crippen LogP) is 2.18. The standard InChI is InChI=1S/C15H23N3O/c1-4-17(5-2)15(19)12(3)18-11-10-16-13-8-6-7-9-14(13)18/h6-9,12,16H,4-5,10-11H2,1-3H3. The zero-order valence-electron chi connectivity index (χ0n) is 12.0. The monoisotopic (exact) mass is 261 g/mol. The molecule has 0 radical (unpaired) electrons. The number of para-hydroxylation sites is 2. The highest BCUT2D eigenvalue weighted by molar-refractivity contribution is 5.87. The van der Waals surface area contributed by atoms with Gasteiger partial charge in [-0.05, 0) is 32.9 Å². The number of fused-ring (bicyclic) bond motifs is 1. The number of benzene rings is 1. The van der Waals surface area contributed by atoms with Crippen LogP contribution in [0.3, 0.4) is 0 Å². The minimum absolute atomic E-state index is 0.108. The third-order valence-electron chi connectivity index (χ3n) is 3.78. The second kappa shape index (κ2) is 5.95. The fraction of sp³-hybridized carbons (Fsp3) is 0.533. The van der Waals surface area contributed by atoms with Crippen LogP contribution in [0.4, 0.5) is 11.4 Å². The van der Waals surface area contributed by atoms with Crippen molar-refractivity contribution in [3.05, 3.63) is 24.3 Å². The van der Waals surface area contributed by atoms with E-state index in [0.29, 0.717) is 0 Å². The lowest BCUT2D eigenvalue weighted by Crippen LogP contribution is -2.50. The van der Waals surface area contributed by atoms with Gasteiger partial charge in [-0.3, -0.25) is 4.79 Å². The Balaban J connectivity index is 2.21. The molecule has 0 saturated carbocycles. The maximum absolute atomic E-state index is 12.5. The molecule has 1 heterocycles. The van der Waals surface area contributed by atoms with Crippen LogP contribution in [0.25, 0.3) is 0 Å². The number of hydrogen-bond acceptors (Lipinski definition) is 3. The maximum atomic E-state index is 12.5. The number of hydrogen-bond donors (Lipinski definition) is 1. The summed E-state index contributed by atoms with van der Waals surface area (Å²) in [5.41, 5.74) is 2.25. The molecule has 1 amide bonds. The lowest BCUT2D eigenvalue weighted by Gasteiger charge is -2.37. The van der Waals surface area contributed by atoms with E-state index in [4.69, 9.17) is 0 Å². The molecule has 2 rings (SSSR count). The Morgan fingerprint density at radius 2 is 2.05 bits per heavy atom. The number of likely N-dealkylation sites (N-methyl/N-ethyl adjacent to an activating group) is 1. The van der Waals surface area contributed by atoms with E-state index < -0.39 is 0 Å². The molecule has 4 nitrogen and oxygen atoms in total. The molecule has 0 aliphatic carbocycles. The molecule has 1 aromatic rings. The second-order valence-electron chi connectivity index (χ2n) is 4.82. The fourth-order valence-electron chi connectivity index (χ4n) is 2.64. The molecule has 0 spiro atoms. The molecule has 1 atom stereocenters. The van der Waals surface area contributed by atoms with Crippen LogP contribution in [-0.2, 0) is 4.79 Å². The minimum Gasteiger partial charge on any atom is -0.382 e. The summed E-state index contributed by atoms with van der Waals surface area (Å²) in [6.45, 7) is 9.35. The molecular weight excluding hydrogens is 238 g/mol. The van der Waals surface area contributed by atoms with Crippen molar-refractivity contribution >= 4 is 17.3 Å². The Bertz CT molecular complexity index is 443. The van der Waals surface area contributed by atoms with Crippen molar-refractivity contribution in [1.29, 1.82) is 0 Å². The van der Waals surface area contributed by atoms with Crippen LogP contribution in [0.5, 0.6) is 0 Å². The van der Waals surface area contributed by atoms with Crippen LogP contribution in [0, 0.1) is 0 Å². The van der Waals surface area contributed by atoms with Crippen LogP contribution in [0.2, 0.25) is 0 Å². The number of carbonyl (C=O) groups excluding carboxylic acids is 1. The highest BCUT2D eigenvalue weighted by Crippen LogP contribution is 2.30. The molecule has 1 aliphatic rings. The van der Waals surface area contributed by atoms with Crippen LogP contribution < -0.4 is 10.2 Å².